The smallest absolute Gasteiger partial charge is 0.267 e. The molecule has 106 valence electrons. The molecule has 0 fully saturated rings. The molecule has 2 rings (SSSR count). The zero-order chi connectivity index (χ0) is 15.2. The predicted molar refractivity (Wildman–Crippen MR) is 70.1 cm³/mol. The van der Waals surface area contributed by atoms with Gasteiger partial charge in [0, 0.05) is 30.1 Å². The van der Waals surface area contributed by atoms with Crippen LogP contribution in [-0.4, -0.2) is 26.7 Å². The van der Waals surface area contributed by atoms with Crippen LogP contribution in [0.1, 0.15) is 20.8 Å². The normalized spacial score (nSPS) is 9.71. The van der Waals surface area contributed by atoms with E-state index in [2.05, 4.69) is 20.8 Å². The Labute approximate surface area is 118 Å². The number of nitrogens with one attached hydrogen (secondary N) is 2. The van der Waals surface area contributed by atoms with Crippen LogP contribution in [0.3, 0.4) is 0 Å². The fraction of sp³-hybridized carbons (Fsp3) is 0. The molecule has 0 saturated heterocycles. The minimum Gasteiger partial charge on any atom is -0.267 e. The summed E-state index contributed by atoms with van der Waals surface area (Å²) in [6.07, 6.45) is 3.99. The molecular weight excluding hydrogens is 278 g/mol. The van der Waals surface area contributed by atoms with E-state index in [0.29, 0.717) is 0 Å². The summed E-state index contributed by atoms with van der Waals surface area (Å²) in [5, 5.41) is 10.5. The standard InChI is InChI=1S/C12H9N5O4/c18-11(8-1-3-9(4-2-8)17(20)21)15-16-12(19)10-7-13-5-6-14-10/h1-7H,(H,15,18)(H,16,19). The highest BCUT2D eigenvalue weighted by Crippen LogP contribution is 2.11. The number of nitro benzene ring substituents is 1. The van der Waals surface area contributed by atoms with Gasteiger partial charge in [0.25, 0.3) is 17.5 Å². The number of aromatic nitrogens is 2. The second kappa shape index (κ2) is 6.19. The van der Waals surface area contributed by atoms with E-state index < -0.39 is 16.7 Å². The summed E-state index contributed by atoms with van der Waals surface area (Å²) >= 11 is 0. The van der Waals surface area contributed by atoms with Crippen LogP contribution in [0.15, 0.2) is 42.9 Å². The number of nitro groups is 1. The van der Waals surface area contributed by atoms with E-state index in [1.165, 1.54) is 42.9 Å². The zero-order valence-electron chi connectivity index (χ0n) is 10.5. The van der Waals surface area contributed by atoms with Crippen molar-refractivity contribution >= 4 is 17.5 Å². The number of benzene rings is 1. The minimum absolute atomic E-state index is 0.0431. The largest absolute Gasteiger partial charge is 0.289 e. The highest BCUT2D eigenvalue weighted by molar-refractivity contribution is 5.98. The number of amides is 2. The van der Waals surface area contributed by atoms with Gasteiger partial charge in [-0.25, -0.2) is 4.98 Å². The van der Waals surface area contributed by atoms with Gasteiger partial charge in [-0.15, -0.1) is 0 Å². The van der Waals surface area contributed by atoms with Crippen LogP contribution < -0.4 is 10.9 Å². The molecular formula is C12H9N5O4. The fourth-order valence-electron chi connectivity index (χ4n) is 1.40. The summed E-state index contributed by atoms with van der Waals surface area (Å²) in [7, 11) is 0. The molecule has 0 bridgehead atoms. The van der Waals surface area contributed by atoms with Gasteiger partial charge in [0.05, 0.1) is 11.1 Å². The average molecular weight is 287 g/mol. The first-order chi connectivity index (χ1) is 10.1. The third-order valence-electron chi connectivity index (χ3n) is 2.43. The number of hydrogen-bond donors (Lipinski definition) is 2. The molecule has 21 heavy (non-hydrogen) atoms. The molecule has 1 aromatic carbocycles. The third kappa shape index (κ3) is 3.56. The number of non-ortho nitro benzene ring substituents is 1. The molecule has 0 spiro atoms. The third-order valence-corrected chi connectivity index (χ3v) is 2.43. The Balaban J connectivity index is 1.96. The number of nitrogens with zero attached hydrogens (tertiary/aromatic N) is 3. The lowest BCUT2D eigenvalue weighted by molar-refractivity contribution is -0.384. The Kier molecular flexibility index (Phi) is 4.14. The summed E-state index contributed by atoms with van der Waals surface area (Å²) in [5.41, 5.74) is 4.41. The molecule has 0 aliphatic carbocycles. The van der Waals surface area contributed by atoms with Crippen molar-refractivity contribution in [2.45, 2.75) is 0 Å². The second-order valence-electron chi connectivity index (χ2n) is 3.80. The number of carbonyl (C=O) groups is 2. The van der Waals surface area contributed by atoms with Gasteiger partial charge in [-0.1, -0.05) is 0 Å². The summed E-state index contributed by atoms with van der Waals surface area (Å²) < 4.78 is 0. The number of hydrogen-bond acceptors (Lipinski definition) is 6. The zero-order valence-corrected chi connectivity index (χ0v) is 10.5. The molecule has 1 heterocycles. The van der Waals surface area contributed by atoms with Crippen LogP contribution in [0.25, 0.3) is 0 Å². The molecule has 0 aliphatic heterocycles. The van der Waals surface area contributed by atoms with E-state index in [-0.39, 0.29) is 16.9 Å². The molecule has 9 heteroatoms. The van der Waals surface area contributed by atoms with E-state index in [1.54, 1.807) is 0 Å². The molecule has 0 aliphatic rings. The maximum absolute atomic E-state index is 11.7. The molecule has 2 amide bonds. The Morgan fingerprint density at radius 1 is 1.05 bits per heavy atom. The van der Waals surface area contributed by atoms with Crippen LogP contribution in [0, 0.1) is 10.1 Å². The molecule has 1 aromatic heterocycles. The molecule has 0 unspecified atom stereocenters. The minimum atomic E-state index is -0.627. The van der Waals surface area contributed by atoms with Crippen LogP contribution in [0.2, 0.25) is 0 Å². The van der Waals surface area contributed by atoms with E-state index >= 15 is 0 Å². The molecule has 0 saturated carbocycles. The Bertz CT molecular complexity index is 672. The first-order valence-corrected chi connectivity index (χ1v) is 5.69. The molecule has 0 atom stereocenters. The maximum Gasteiger partial charge on any atom is 0.289 e. The Hall–Kier alpha value is -3.36. The lowest BCUT2D eigenvalue weighted by atomic mass is 10.2. The van der Waals surface area contributed by atoms with Crippen molar-refractivity contribution in [1.82, 2.24) is 20.8 Å². The average Bonchev–Trinajstić information content (AvgIpc) is 2.53. The van der Waals surface area contributed by atoms with Crippen molar-refractivity contribution in [2.75, 3.05) is 0 Å². The van der Waals surface area contributed by atoms with Crippen molar-refractivity contribution in [3.05, 3.63) is 64.2 Å². The summed E-state index contributed by atoms with van der Waals surface area (Å²) in [6, 6.07) is 4.95. The quantitative estimate of drug-likeness (QED) is 0.623. The first-order valence-electron chi connectivity index (χ1n) is 5.69. The van der Waals surface area contributed by atoms with Crippen molar-refractivity contribution < 1.29 is 14.5 Å². The molecule has 2 N–H and O–H groups in total. The highest BCUT2D eigenvalue weighted by Gasteiger charge is 2.11. The lowest BCUT2D eigenvalue weighted by Gasteiger charge is -2.06. The van der Waals surface area contributed by atoms with E-state index in [1.807, 2.05) is 0 Å². The van der Waals surface area contributed by atoms with Gasteiger partial charge >= 0.3 is 0 Å². The highest BCUT2D eigenvalue weighted by atomic mass is 16.6. The molecule has 9 nitrogen and oxygen atoms in total. The monoisotopic (exact) mass is 287 g/mol. The Morgan fingerprint density at radius 2 is 1.71 bits per heavy atom. The maximum atomic E-state index is 11.7. The van der Waals surface area contributed by atoms with Gasteiger partial charge in [-0.05, 0) is 12.1 Å². The van der Waals surface area contributed by atoms with E-state index in [9.17, 15) is 19.7 Å². The van der Waals surface area contributed by atoms with Crippen molar-refractivity contribution in [2.24, 2.45) is 0 Å². The van der Waals surface area contributed by atoms with Crippen molar-refractivity contribution in [1.29, 1.82) is 0 Å². The van der Waals surface area contributed by atoms with Gasteiger partial charge in [-0.2, -0.15) is 0 Å². The number of rotatable bonds is 3. The molecule has 2 aromatic rings. The lowest BCUT2D eigenvalue weighted by Crippen LogP contribution is -2.41. The first kappa shape index (κ1) is 14.1. The summed E-state index contributed by atoms with van der Waals surface area (Å²) in [5.74, 6) is -1.24. The van der Waals surface area contributed by atoms with E-state index in [0.717, 1.165) is 0 Å². The predicted octanol–water partition coefficient (Wildman–Crippen LogP) is 0.460. The fourth-order valence-corrected chi connectivity index (χ4v) is 1.40. The van der Waals surface area contributed by atoms with Crippen LogP contribution in [0.5, 0.6) is 0 Å². The van der Waals surface area contributed by atoms with Gasteiger partial charge in [0.15, 0.2) is 0 Å². The van der Waals surface area contributed by atoms with Gasteiger partial charge in [-0.3, -0.25) is 35.5 Å². The van der Waals surface area contributed by atoms with Gasteiger partial charge in [0.2, 0.25) is 0 Å². The second-order valence-corrected chi connectivity index (χ2v) is 3.80. The molecule has 0 radical (unpaired) electrons. The van der Waals surface area contributed by atoms with Gasteiger partial charge in [0.1, 0.15) is 5.69 Å². The van der Waals surface area contributed by atoms with Crippen LogP contribution in [0.4, 0.5) is 5.69 Å². The number of hydrazine groups is 1. The summed E-state index contributed by atoms with van der Waals surface area (Å²) in [6.45, 7) is 0. The van der Waals surface area contributed by atoms with Crippen molar-refractivity contribution in [3.8, 4) is 0 Å². The number of carbonyl (C=O) groups excluding carboxylic acids is 2. The van der Waals surface area contributed by atoms with E-state index in [4.69, 9.17) is 0 Å². The SMILES string of the molecule is O=C(NNC(=O)c1cnccn1)c1ccc([N+](=O)[O-])cc1. The van der Waals surface area contributed by atoms with Crippen LogP contribution in [-0.2, 0) is 0 Å². The van der Waals surface area contributed by atoms with Crippen LogP contribution >= 0.6 is 0 Å². The topological polar surface area (TPSA) is 127 Å². The van der Waals surface area contributed by atoms with Gasteiger partial charge < -0.3 is 0 Å². The Morgan fingerprint density at radius 3 is 2.29 bits per heavy atom. The summed E-state index contributed by atoms with van der Waals surface area (Å²) in [4.78, 5) is 40.7. The van der Waals surface area contributed by atoms with Crippen molar-refractivity contribution in [3.63, 3.8) is 0 Å².